The van der Waals surface area contributed by atoms with Crippen molar-refractivity contribution in [2.45, 2.75) is 43.1 Å². The molecule has 1 atom stereocenters. The summed E-state index contributed by atoms with van der Waals surface area (Å²) in [5, 5.41) is 16.6. The van der Waals surface area contributed by atoms with Crippen LogP contribution in [0, 0.1) is 0 Å². The van der Waals surface area contributed by atoms with E-state index in [9.17, 15) is 9.90 Å². The van der Waals surface area contributed by atoms with Crippen LogP contribution in [0.3, 0.4) is 0 Å². The van der Waals surface area contributed by atoms with Gasteiger partial charge in [0.2, 0.25) is 5.91 Å². The van der Waals surface area contributed by atoms with E-state index in [1.54, 1.807) is 14.2 Å². The van der Waals surface area contributed by atoms with E-state index in [1.807, 2.05) is 18.2 Å². The fourth-order valence-corrected chi connectivity index (χ4v) is 4.05. The molecule has 3 N–H and O–H groups in total. The van der Waals surface area contributed by atoms with E-state index in [2.05, 4.69) is 10.6 Å². The minimum Gasteiger partial charge on any atom is -0.493 e. The van der Waals surface area contributed by atoms with Crippen LogP contribution < -0.4 is 20.1 Å². The van der Waals surface area contributed by atoms with Crippen molar-refractivity contribution >= 4 is 5.91 Å². The monoisotopic (exact) mass is 348 g/mol. The zero-order chi connectivity index (χ0) is 17.9. The molecule has 0 unspecified atom stereocenters. The Labute approximate surface area is 148 Å². The molecule has 0 radical (unpaired) electrons. The molecule has 1 aliphatic heterocycles. The number of hydrogen-bond donors (Lipinski definition) is 3. The third-order valence-electron chi connectivity index (χ3n) is 5.63. The molecular weight excluding hydrogens is 320 g/mol. The van der Waals surface area contributed by atoms with Crippen LogP contribution in [0.5, 0.6) is 11.5 Å². The molecule has 1 saturated carbocycles. The van der Waals surface area contributed by atoms with E-state index in [0.717, 1.165) is 37.8 Å². The second-order valence-electron chi connectivity index (χ2n) is 7.19. The summed E-state index contributed by atoms with van der Waals surface area (Å²) in [6.07, 6.45) is 4.33. The molecule has 1 heterocycles. The summed E-state index contributed by atoms with van der Waals surface area (Å²) in [4.78, 5) is 13.1. The SMILES string of the molecule is COc1ccc(C2(C(=O)NC[C@@]3(O)CCNC3)CCCC2)cc1OC. The molecule has 1 aliphatic carbocycles. The summed E-state index contributed by atoms with van der Waals surface area (Å²) in [5.41, 5.74) is -0.439. The zero-order valence-electron chi connectivity index (χ0n) is 15.1. The van der Waals surface area contributed by atoms with Gasteiger partial charge in [0.05, 0.1) is 25.2 Å². The second kappa shape index (κ2) is 7.22. The summed E-state index contributed by atoms with van der Waals surface area (Å²) in [6.45, 7) is 1.59. The number of carbonyl (C=O) groups is 1. The summed E-state index contributed by atoms with van der Waals surface area (Å²) in [5.74, 6) is 1.29. The van der Waals surface area contributed by atoms with Crippen LogP contribution in [-0.2, 0) is 10.2 Å². The Morgan fingerprint density at radius 3 is 2.52 bits per heavy atom. The number of aliphatic hydroxyl groups is 1. The molecule has 1 aromatic rings. The van der Waals surface area contributed by atoms with Gasteiger partial charge in [0, 0.05) is 13.1 Å². The van der Waals surface area contributed by atoms with Crippen LogP contribution in [0.1, 0.15) is 37.7 Å². The number of hydrogen-bond acceptors (Lipinski definition) is 5. The van der Waals surface area contributed by atoms with E-state index in [4.69, 9.17) is 9.47 Å². The summed E-state index contributed by atoms with van der Waals surface area (Å²) >= 11 is 0. The molecule has 2 fully saturated rings. The first-order chi connectivity index (χ1) is 12.0. The topological polar surface area (TPSA) is 79.8 Å². The average molecular weight is 348 g/mol. The first-order valence-electron chi connectivity index (χ1n) is 8.97. The standard InChI is InChI=1S/C19H28N2O4/c1-24-15-6-5-14(11-16(15)25-2)19(7-3-4-8-19)17(22)21-13-18(23)9-10-20-12-18/h5-6,11,20,23H,3-4,7-10,12-13H2,1-2H3,(H,21,22)/t18-/m1/s1. The molecule has 6 heteroatoms. The number of ether oxygens (including phenoxy) is 2. The van der Waals surface area contributed by atoms with Gasteiger partial charge in [-0.2, -0.15) is 0 Å². The lowest BCUT2D eigenvalue weighted by Gasteiger charge is -2.31. The van der Waals surface area contributed by atoms with E-state index >= 15 is 0 Å². The molecule has 25 heavy (non-hydrogen) atoms. The Kier molecular flexibility index (Phi) is 5.20. The lowest BCUT2D eigenvalue weighted by Crippen LogP contribution is -2.50. The van der Waals surface area contributed by atoms with Crippen molar-refractivity contribution in [3.05, 3.63) is 23.8 Å². The predicted octanol–water partition coefficient (Wildman–Crippen LogP) is 1.36. The molecule has 0 spiro atoms. The second-order valence-corrected chi connectivity index (χ2v) is 7.19. The van der Waals surface area contributed by atoms with Crippen molar-refractivity contribution < 1.29 is 19.4 Å². The van der Waals surface area contributed by atoms with E-state index < -0.39 is 11.0 Å². The third-order valence-corrected chi connectivity index (χ3v) is 5.63. The number of benzene rings is 1. The highest BCUT2D eigenvalue weighted by Gasteiger charge is 2.44. The van der Waals surface area contributed by atoms with E-state index in [0.29, 0.717) is 24.5 Å². The Morgan fingerprint density at radius 1 is 1.20 bits per heavy atom. The molecule has 2 aliphatic rings. The summed E-state index contributed by atoms with van der Waals surface area (Å²) < 4.78 is 10.7. The van der Waals surface area contributed by atoms with Gasteiger partial charge < -0.3 is 25.2 Å². The molecule has 1 amide bonds. The van der Waals surface area contributed by atoms with Gasteiger partial charge in [-0.3, -0.25) is 4.79 Å². The largest absolute Gasteiger partial charge is 0.493 e. The molecule has 1 saturated heterocycles. The van der Waals surface area contributed by atoms with Gasteiger partial charge in [-0.05, 0) is 43.5 Å². The molecule has 0 bridgehead atoms. The van der Waals surface area contributed by atoms with Gasteiger partial charge >= 0.3 is 0 Å². The zero-order valence-corrected chi connectivity index (χ0v) is 15.1. The Morgan fingerprint density at radius 2 is 1.92 bits per heavy atom. The highest BCUT2D eigenvalue weighted by molar-refractivity contribution is 5.89. The van der Waals surface area contributed by atoms with Crippen LogP contribution in [-0.4, -0.2) is 50.5 Å². The maximum absolute atomic E-state index is 13.1. The van der Waals surface area contributed by atoms with Crippen LogP contribution in [0.4, 0.5) is 0 Å². The van der Waals surface area contributed by atoms with Gasteiger partial charge in [0.15, 0.2) is 11.5 Å². The van der Waals surface area contributed by atoms with Gasteiger partial charge in [-0.1, -0.05) is 18.9 Å². The van der Waals surface area contributed by atoms with Gasteiger partial charge in [-0.15, -0.1) is 0 Å². The number of methoxy groups -OCH3 is 2. The molecule has 138 valence electrons. The van der Waals surface area contributed by atoms with Crippen LogP contribution in [0.2, 0.25) is 0 Å². The maximum atomic E-state index is 13.1. The van der Waals surface area contributed by atoms with Gasteiger partial charge in [0.25, 0.3) is 0 Å². The number of β-amino-alcohol motifs (C(OH)–C–C–N with tert-alkyl or cyclic N) is 1. The highest BCUT2D eigenvalue weighted by Crippen LogP contribution is 2.44. The van der Waals surface area contributed by atoms with Crippen molar-refractivity contribution in [1.82, 2.24) is 10.6 Å². The lowest BCUT2D eigenvalue weighted by atomic mass is 9.77. The third kappa shape index (κ3) is 3.46. The van der Waals surface area contributed by atoms with Crippen LogP contribution in [0.15, 0.2) is 18.2 Å². The summed E-state index contributed by atoms with van der Waals surface area (Å²) in [7, 11) is 3.21. The molecule has 3 rings (SSSR count). The lowest BCUT2D eigenvalue weighted by molar-refractivity contribution is -0.127. The molecule has 6 nitrogen and oxygen atoms in total. The predicted molar refractivity (Wildman–Crippen MR) is 95.1 cm³/mol. The number of nitrogens with one attached hydrogen (secondary N) is 2. The van der Waals surface area contributed by atoms with Crippen molar-refractivity contribution in [1.29, 1.82) is 0 Å². The molecule has 1 aromatic carbocycles. The summed E-state index contributed by atoms with van der Waals surface area (Å²) in [6, 6.07) is 5.73. The van der Waals surface area contributed by atoms with E-state index in [-0.39, 0.29) is 12.5 Å². The van der Waals surface area contributed by atoms with Crippen LogP contribution in [0.25, 0.3) is 0 Å². The van der Waals surface area contributed by atoms with E-state index in [1.165, 1.54) is 0 Å². The number of carbonyl (C=O) groups excluding carboxylic acids is 1. The van der Waals surface area contributed by atoms with Gasteiger partial charge in [-0.25, -0.2) is 0 Å². The minimum atomic E-state index is -0.840. The quantitative estimate of drug-likeness (QED) is 0.723. The minimum absolute atomic E-state index is 0.00227. The first-order valence-corrected chi connectivity index (χ1v) is 8.97. The fourth-order valence-electron chi connectivity index (χ4n) is 4.05. The van der Waals surface area contributed by atoms with Crippen molar-refractivity contribution in [3.8, 4) is 11.5 Å². The highest BCUT2D eigenvalue weighted by atomic mass is 16.5. The van der Waals surface area contributed by atoms with Gasteiger partial charge in [0.1, 0.15) is 0 Å². The average Bonchev–Trinajstić information content (AvgIpc) is 3.29. The first kappa shape index (κ1) is 18.0. The smallest absolute Gasteiger partial charge is 0.230 e. The fraction of sp³-hybridized carbons (Fsp3) is 0.632. The van der Waals surface area contributed by atoms with Crippen molar-refractivity contribution in [2.75, 3.05) is 33.9 Å². The van der Waals surface area contributed by atoms with Crippen molar-refractivity contribution in [3.63, 3.8) is 0 Å². The molecular formula is C19H28N2O4. The number of rotatable bonds is 6. The Balaban J connectivity index is 1.82. The Hall–Kier alpha value is -1.79. The van der Waals surface area contributed by atoms with Crippen LogP contribution >= 0.6 is 0 Å². The maximum Gasteiger partial charge on any atom is 0.230 e. The Bertz CT molecular complexity index is 620. The van der Waals surface area contributed by atoms with Crippen molar-refractivity contribution in [2.24, 2.45) is 0 Å². The molecule has 0 aromatic heterocycles. The number of amides is 1. The normalized spacial score (nSPS) is 24.9.